The number of ketones is 1. The minimum atomic E-state index is -0.553. The number of allylic oxidation sites excluding steroid dienone is 3. The fourth-order valence-electron chi connectivity index (χ4n) is 2.93. The SMILES string of the molecule is CCCCOC1=C(OCCCC)C(=C(C#N)C#N)C1=O.CCCCOc1c(OCCCC)c(=O)c1=O.N#CCC#N. The first kappa shape index (κ1) is 36.4. The molecule has 0 saturated carbocycles. The highest BCUT2D eigenvalue weighted by Gasteiger charge is 2.40. The van der Waals surface area contributed by atoms with Crippen molar-refractivity contribution in [1.29, 1.82) is 21.0 Å². The molecule has 1 aliphatic rings. The smallest absolute Gasteiger partial charge is 0.275 e. The van der Waals surface area contributed by atoms with Crippen LogP contribution in [0.2, 0.25) is 0 Å². The summed E-state index contributed by atoms with van der Waals surface area (Å²) in [5, 5.41) is 32.9. The van der Waals surface area contributed by atoms with Crippen LogP contribution in [0.4, 0.5) is 0 Å². The van der Waals surface area contributed by atoms with Gasteiger partial charge in [0.2, 0.25) is 23.0 Å². The van der Waals surface area contributed by atoms with E-state index in [2.05, 4.69) is 0 Å². The average molecular weight is 567 g/mol. The molecule has 0 fully saturated rings. The second-order valence-corrected chi connectivity index (χ2v) is 8.58. The zero-order valence-corrected chi connectivity index (χ0v) is 24.3. The zero-order valence-electron chi connectivity index (χ0n) is 24.3. The molecule has 0 radical (unpaired) electrons. The van der Waals surface area contributed by atoms with Gasteiger partial charge < -0.3 is 18.9 Å². The lowest BCUT2D eigenvalue weighted by atomic mass is 9.91. The minimum Gasteiger partial charge on any atom is -0.489 e. The van der Waals surface area contributed by atoms with E-state index in [0.717, 1.165) is 51.4 Å². The quantitative estimate of drug-likeness (QED) is 0.116. The van der Waals surface area contributed by atoms with E-state index in [0.29, 0.717) is 26.4 Å². The number of Topliss-reactive ketones (excluding diaryl/α,β-unsaturated/α-hetero) is 1. The summed E-state index contributed by atoms with van der Waals surface area (Å²) in [5.41, 5.74) is -1.27. The lowest BCUT2D eigenvalue weighted by molar-refractivity contribution is -0.118. The van der Waals surface area contributed by atoms with E-state index in [1.165, 1.54) is 0 Å². The molecule has 41 heavy (non-hydrogen) atoms. The van der Waals surface area contributed by atoms with Gasteiger partial charge in [0.15, 0.2) is 5.76 Å². The second kappa shape index (κ2) is 22.2. The molecule has 0 unspecified atom stereocenters. The molecule has 0 atom stereocenters. The van der Waals surface area contributed by atoms with E-state index in [1.807, 2.05) is 27.7 Å². The molecule has 0 aliphatic heterocycles. The predicted octanol–water partition coefficient (Wildman–Crippen LogP) is 4.82. The summed E-state index contributed by atoms with van der Waals surface area (Å²) in [4.78, 5) is 34.3. The summed E-state index contributed by atoms with van der Waals surface area (Å²) >= 11 is 0. The summed E-state index contributed by atoms with van der Waals surface area (Å²) in [6.45, 7) is 9.90. The van der Waals surface area contributed by atoms with E-state index in [1.54, 1.807) is 24.3 Å². The maximum absolute atomic E-state index is 11.9. The number of hydrogen-bond donors (Lipinski definition) is 0. The lowest BCUT2D eigenvalue weighted by Crippen LogP contribution is -2.34. The van der Waals surface area contributed by atoms with Crippen LogP contribution in [0.25, 0.3) is 0 Å². The van der Waals surface area contributed by atoms with Gasteiger partial charge in [-0.1, -0.05) is 53.4 Å². The maximum Gasteiger partial charge on any atom is 0.275 e. The third kappa shape index (κ3) is 12.0. The monoisotopic (exact) mass is 566 g/mol. The van der Waals surface area contributed by atoms with Gasteiger partial charge in [-0.2, -0.15) is 21.0 Å². The van der Waals surface area contributed by atoms with Crippen molar-refractivity contribution in [3.05, 3.63) is 43.1 Å². The van der Waals surface area contributed by atoms with E-state index in [9.17, 15) is 14.4 Å². The summed E-state index contributed by atoms with van der Waals surface area (Å²) in [6.07, 6.45) is 7.29. The van der Waals surface area contributed by atoms with E-state index in [4.69, 9.17) is 40.0 Å². The number of carbonyl (C=O) groups excluding carboxylic acids is 1. The number of nitriles is 4. The van der Waals surface area contributed by atoms with Gasteiger partial charge in [-0.3, -0.25) is 14.4 Å². The standard InChI is InChI=1S/C15H18N2O3.C12H18O4.C3H2N2/c1-3-5-7-19-14-12(11(9-16)10-17)13(18)15(14)20-8-6-4-2;1-3-5-7-15-11-9(13)10(14)12(11)16-8-6-4-2;4-2-1-3-5/h3-8H2,1-2H3;3-8H2,1-2H3;1H2. The molecular formula is C30H38N4O7. The average Bonchev–Trinajstić information content (AvgIpc) is 2.99. The number of unbranched alkanes of at least 4 members (excludes halogenated alkanes) is 4. The van der Waals surface area contributed by atoms with Crippen molar-refractivity contribution in [1.82, 2.24) is 0 Å². The third-order valence-corrected chi connectivity index (χ3v) is 5.30. The highest BCUT2D eigenvalue weighted by Crippen LogP contribution is 2.34. The molecular weight excluding hydrogens is 528 g/mol. The fraction of sp³-hybridized carbons (Fsp3) is 0.567. The molecule has 0 spiro atoms. The molecule has 0 bridgehead atoms. The molecule has 11 nitrogen and oxygen atoms in total. The van der Waals surface area contributed by atoms with Gasteiger partial charge in [-0.15, -0.1) is 0 Å². The van der Waals surface area contributed by atoms with E-state index in [-0.39, 0.29) is 40.6 Å². The van der Waals surface area contributed by atoms with Crippen LogP contribution in [0.3, 0.4) is 0 Å². The van der Waals surface area contributed by atoms with Crippen LogP contribution in [0, 0.1) is 45.3 Å². The van der Waals surface area contributed by atoms with Crippen LogP contribution in [0.15, 0.2) is 32.3 Å². The lowest BCUT2D eigenvalue weighted by Gasteiger charge is -2.25. The second-order valence-electron chi connectivity index (χ2n) is 8.58. The Kier molecular flexibility index (Phi) is 19.7. The van der Waals surface area contributed by atoms with Gasteiger partial charge in [0.25, 0.3) is 10.9 Å². The molecule has 1 aromatic rings. The highest BCUT2D eigenvalue weighted by atomic mass is 16.5. The van der Waals surface area contributed by atoms with Crippen molar-refractivity contribution < 1.29 is 23.7 Å². The van der Waals surface area contributed by atoms with Gasteiger partial charge in [-0.05, 0) is 25.7 Å². The van der Waals surface area contributed by atoms with Crippen molar-refractivity contribution in [3.8, 4) is 35.8 Å². The van der Waals surface area contributed by atoms with Crippen LogP contribution in [-0.4, -0.2) is 32.2 Å². The Labute approximate surface area is 241 Å². The Morgan fingerprint density at radius 3 is 1.27 bits per heavy atom. The molecule has 0 heterocycles. The third-order valence-electron chi connectivity index (χ3n) is 5.30. The van der Waals surface area contributed by atoms with Crippen molar-refractivity contribution in [3.63, 3.8) is 0 Å². The Morgan fingerprint density at radius 1 is 0.585 bits per heavy atom. The Balaban J connectivity index is 0.000000681. The van der Waals surface area contributed by atoms with Crippen molar-refractivity contribution in [2.75, 3.05) is 26.4 Å². The number of ether oxygens (including phenoxy) is 4. The number of carbonyl (C=O) groups is 1. The Bertz CT molecular complexity index is 1210. The normalized spacial score (nSPS) is 11.2. The predicted molar refractivity (Wildman–Crippen MR) is 150 cm³/mol. The number of rotatable bonds is 16. The largest absolute Gasteiger partial charge is 0.489 e. The maximum atomic E-state index is 11.9. The molecule has 220 valence electrons. The number of nitrogens with zero attached hydrogens (tertiary/aromatic N) is 4. The Morgan fingerprint density at radius 2 is 0.951 bits per heavy atom. The Hall–Kier alpha value is -4.61. The summed E-state index contributed by atoms with van der Waals surface area (Å²) in [6, 6.07) is 6.75. The van der Waals surface area contributed by atoms with Crippen molar-refractivity contribution in [2.24, 2.45) is 0 Å². The van der Waals surface area contributed by atoms with Crippen LogP contribution in [0.1, 0.15) is 85.5 Å². The first-order valence-electron chi connectivity index (χ1n) is 13.8. The first-order chi connectivity index (χ1) is 19.8. The molecule has 1 aliphatic carbocycles. The summed E-state index contributed by atoms with van der Waals surface area (Å²) in [7, 11) is 0. The zero-order chi connectivity index (χ0) is 31.0. The van der Waals surface area contributed by atoms with Gasteiger partial charge in [0, 0.05) is 0 Å². The summed E-state index contributed by atoms with van der Waals surface area (Å²) < 4.78 is 21.4. The first-order valence-corrected chi connectivity index (χ1v) is 13.8. The van der Waals surface area contributed by atoms with Gasteiger partial charge in [0.05, 0.1) is 38.6 Å². The highest BCUT2D eigenvalue weighted by molar-refractivity contribution is 6.19. The van der Waals surface area contributed by atoms with E-state index < -0.39 is 16.6 Å². The van der Waals surface area contributed by atoms with Crippen LogP contribution in [0.5, 0.6) is 11.5 Å². The molecule has 11 heteroatoms. The molecule has 0 saturated heterocycles. The topological polar surface area (TPSA) is 183 Å². The molecule has 1 aromatic carbocycles. The molecule has 0 aromatic heterocycles. The molecule has 0 N–H and O–H groups in total. The molecule has 2 rings (SSSR count). The van der Waals surface area contributed by atoms with E-state index >= 15 is 0 Å². The van der Waals surface area contributed by atoms with Gasteiger partial charge >= 0.3 is 0 Å². The summed E-state index contributed by atoms with van der Waals surface area (Å²) in [5.74, 6) is 0.236. The number of hydrogen-bond acceptors (Lipinski definition) is 11. The van der Waals surface area contributed by atoms with Crippen LogP contribution in [-0.2, 0) is 14.3 Å². The van der Waals surface area contributed by atoms with Crippen molar-refractivity contribution >= 4 is 5.78 Å². The van der Waals surface area contributed by atoms with Crippen LogP contribution < -0.4 is 20.3 Å². The van der Waals surface area contributed by atoms with Gasteiger partial charge in [0.1, 0.15) is 29.7 Å². The van der Waals surface area contributed by atoms with Crippen LogP contribution >= 0.6 is 0 Å². The molecule has 0 amide bonds. The van der Waals surface area contributed by atoms with Crippen molar-refractivity contribution in [2.45, 2.75) is 85.5 Å². The van der Waals surface area contributed by atoms with Gasteiger partial charge in [-0.25, -0.2) is 0 Å². The minimum absolute atomic E-state index is 0. The fourth-order valence-corrected chi connectivity index (χ4v) is 2.93.